The molecule has 20 heavy (non-hydrogen) atoms. The van der Waals surface area contributed by atoms with E-state index in [0.29, 0.717) is 6.54 Å². The van der Waals surface area contributed by atoms with Gasteiger partial charge < -0.3 is 10.1 Å². The maximum atomic E-state index is 11.7. The Kier molecular flexibility index (Phi) is 4.95. The molecule has 0 aromatic heterocycles. The fourth-order valence-electron chi connectivity index (χ4n) is 1.73. The minimum Gasteiger partial charge on any atom is -0.497 e. The van der Waals surface area contributed by atoms with Gasteiger partial charge in [-0.2, -0.15) is 0 Å². The number of hydrogen-bond donors (Lipinski definition) is 1. The first-order valence-electron chi connectivity index (χ1n) is 6.42. The molecular formula is C17H17NO2. The number of rotatable bonds is 5. The number of hydrogen-bond acceptors (Lipinski definition) is 2. The molecule has 0 aliphatic rings. The highest BCUT2D eigenvalue weighted by molar-refractivity contribution is 5.91. The average molecular weight is 267 g/mol. The predicted octanol–water partition coefficient (Wildman–Crippen LogP) is 3.02. The molecule has 2 aromatic rings. The van der Waals surface area contributed by atoms with Crippen LogP contribution in [0.1, 0.15) is 11.1 Å². The highest BCUT2D eigenvalue weighted by atomic mass is 16.5. The fourth-order valence-corrected chi connectivity index (χ4v) is 1.73. The lowest BCUT2D eigenvalue weighted by atomic mass is 10.2. The van der Waals surface area contributed by atoms with Crippen molar-refractivity contribution in [1.82, 2.24) is 5.32 Å². The molecule has 0 unspecified atom stereocenters. The number of carbonyl (C=O) groups excluding carboxylic acids is 1. The normalized spacial score (nSPS) is 10.4. The van der Waals surface area contributed by atoms with Gasteiger partial charge in [-0.3, -0.25) is 4.79 Å². The zero-order valence-corrected chi connectivity index (χ0v) is 11.4. The highest BCUT2D eigenvalue weighted by Gasteiger charge is 1.96. The summed E-state index contributed by atoms with van der Waals surface area (Å²) in [5.41, 5.74) is 2.04. The number of carbonyl (C=O) groups is 1. The molecule has 3 heteroatoms. The smallest absolute Gasteiger partial charge is 0.244 e. The topological polar surface area (TPSA) is 38.3 Å². The minimum absolute atomic E-state index is 0.107. The molecule has 1 amide bonds. The van der Waals surface area contributed by atoms with Gasteiger partial charge in [0.2, 0.25) is 5.91 Å². The van der Waals surface area contributed by atoms with Crippen LogP contribution in [0.25, 0.3) is 6.08 Å². The molecule has 0 bridgehead atoms. The van der Waals surface area contributed by atoms with Gasteiger partial charge in [-0.1, -0.05) is 42.5 Å². The second-order valence-corrected chi connectivity index (χ2v) is 4.31. The average Bonchev–Trinajstić information content (AvgIpc) is 2.52. The van der Waals surface area contributed by atoms with E-state index in [-0.39, 0.29) is 5.91 Å². The Morgan fingerprint density at radius 1 is 1.10 bits per heavy atom. The third kappa shape index (κ3) is 4.28. The number of amides is 1. The molecule has 0 saturated heterocycles. The Labute approximate surface area is 118 Å². The molecular weight excluding hydrogens is 250 g/mol. The summed E-state index contributed by atoms with van der Waals surface area (Å²) in [5.74, 6) is 0.695. The molecule has 102 valence electrons. The van der Waals surface area contributed by atoms with E-state index in [9.17, 15) is 4.79 Å². The SMILES string of the molecule is COc1ccc(/C=C\C(=O)NCc2ccccc2)cc1. The Hall–Kier alpha value is -2.55. The summed E-state index contributed by atoms with van der Waals surface area (Å²) in [6, 6.07) is 17.3. The van der Waals surface area contributed by atoms with Gasteiger partial charge >= 0.3 is 0 Å². The maximum Gasteiger partial charge on any atom is 0.244 e. The van der Waals surface area contributed by atoms with Crippen molar-refractivity contribution in [2.45, 2.75) is 6.54 Å². The van der Waals surface area contributed by atoms with Crippen molar-refractivity contribution in [1.29, 1.82) is 0 Å². The number of benzene rings is 2. The molecule has 2 aromatic carbocycles. The van der Waals surface area contributed by atoms with Crippen molar-refractivity contribution in [3.63, 3.8) is 0 Å². The first-order valence-corrected chi connectivity index (χ1v) is 6.42. The number of ether oxygens (including phenoxy) is 1. The van der Waals surface area contributed by atoms with Gasteiger partial charge in [0.05, 0.1) is 7.11 Å². The summed E-state index contributed by atoms with van der Waals surface area (Å²) in [6.07, 6.45) is 3.31. The van der Waals surface area contributed by atoms with Crippen LogP contribution >= 0.6 is 0 Å². The summed E-state index contributed by atoms with van der Waals surface area (Å²) in [6.45, 7) is 0.534. The summed E-state index contributed by atoms with van der Waals surface area (Å²) in [4.78, 5) is 11.7. The molecule has 2 rings (SSSR count). The number of nitrogens with one attached hydrogen (secondary N) is 1. The van der Waals surface area contributed by atoms with Crippen molar-refractivity contribution < 1.29 is 9.53 Å². The molecule has 0 heterocycles. The zero-order chi connectivity index (χ0) is 14.2. The van der Waals surface area contributed by atoms with E-state index in [1.165, 1.54) is 6.08 Å². The molecule has 0 saturated carbocycles. The van der Waals surface area contributed by atoms with Crippen LogP contribution in [0.2, 0.25) is 0 Å². The van der Waals surface area contributed by atoms with Gasteiger partial charge in [0.15, 0.2) is 0 Å². The van der Waals surface area contributed by atoms with Crippen molar-refractivity contribution >= 4 is 12.0 Å². The summed E-state index contributed by atoms with van der Waals surface area (Å²) >= 11 is 0. The molecule has 3 nitrogen and oxygen atoms in total. The summed E-state index contributed by atoms with van der Waals surface area (Å²) in [7, 11) is 1.63. The lowest BCUT2D eigenvalue weighted by Gasteiger charge is -2.02. The van der Waals surface area contributed by atoms with Gasteiger partial charge in [0, 0.05) is 12.6 Å². The van der Waals surface area contributed by atoms with Crippen LogP contribution in [0, 0.1) is 0 Å². The van der Waals surface area contributed by atoms with E-state index in [0.717, 1.165) is 16.9 Å². The molecule has 0 radical (unpaired) electrons. The monoisotopic (exact) mass is 267 g/mol. The van der Waals surface area contributed by atoms with E-state index in [4.69, 9.17) is 4.74 Å². The first-order chi connectivity index (χ1) is 9.78. The van der Waals surface area contributed by atoms with Crippen LogP contribution in [0.5, 0.6) is 5.75 Å². The first kappa shape index (κ1) is 13.9. The lowest BCUT2D eigenvalue weighted by Crippen LogP contribution is -2.20. The summed E-state index contributed by atoms with van der Waals surface area (Å²) in [5, 5.41) is 2.84. The standard InChI is InChI=1S/C17H17NO2/c1-20-16-10-7-14(8-11-16)9-12-17(19)18-13-15-5-3-2-4-6-15/h2-12H,13H2,1H3,(H,18,19)/b12-9-. The van der Waals surface area contributed by atoms with Crippen LogP contribution in [0.15, 0.2) is 60.7 Å². The van der Waals surface area contributed by atoms with Gasteiger partial charge in [-0.15, -0.1) is 0 Å². The largest absolute Gasteiger partial charge is 0.497 e. The minimum atomic E-state index is -0.107. The highest BCUT2D eigenvalue weighted by Crippen LogP contribution is 2.12. The van der Waals surface area contributed by atoms with Crippen LogP contribution in [0.3, 0.4) is 0 Å². The maximum absolute atomic E-state index is 11.7. The van der Waals surface area contributed by atoms with Crippen LogP contribution < -0.4 is 10.1 Å². The van der Waals surface area contributed by atoms with Crippen molar-refractivity contribution in [3.05, 3.63) is 71.8 Å². The van der Waals surface area contributed by atoms with Gasteiger partial charge in [-0.25, -0.2) is 0 Å². The van der Waals surface area contributed by atoms with E-state index in [1.807, 2.05) is 54.6 Å². The van der Waals surface area contributed by atoms with Crippen LogP contribution in [0.4, 0.5) is 0 Å². The van der Waals surface area contributed by atoms with Gasteiger partial charge in [-0.05, 0) is 29.3 Å². The fraction of sp³-hybridized carbons (Fsp3) is 0.118. The Morgan fingerprint density at radius 2 is 1.80 bits per heavy atom. The molecule has 0 spiro atoms. The quantitative estimate of drug-likeness (QED) is 0.846. The van der Waals surface area contributed by atoms with Crippen LogP contribution in [-0.2, 0) is 11.3 Å². The van der Waals surface area contributed by atoms with Crippen molar-refractivity contribution in [3.8, 4) is 5.75 Å². The Bertz CT molecular complexity index is 574. The third-order valence-electron chi connectivity index (χ3n) is 2.85. The van der Waals surface area contributed by atoms with E-state index in [2.05, 4.69) is 5.32 Å². The molecule has 0 fully saturated rings. The van der Waals surface area contributed by atoms with Crippen molar-refractivity contribution in [2.24, 2.45) is 0 Å². The van der Waals surface area contributed by atoms with Crippen molar-refractivity contribution in [2.75, 3.05) is 7.11 Å². The second kappa shape index (κ2) is 7.14. The molecule has 0 aliphatic carbocycles. The number of methoxy groups -OCH3 is 1. The van der Waals surface area contributed by atoms with Crippen LogP contribution in [-0.4, -0.2) is 13.0 Å². The van der Waals surface area contributed by atoms with Gasteiger partial charge in [0.25, 0.3) is 0 Å². The van der Waals surface area contributed by atoms with E-state index >= 15 is 0 Å². The Morgan fingerprint density at radius 3 is 2.45 bits per heavy atom. The molecule has 1 N–H and O–H groups in total. The van der Waals surface area contributed by atoms with Gasteiger partial charge in [0.1, 0.15) is 5.75 Å². The second-order valence-electron chi connectivity index (χ2n) is 4.31. The summed E-state index contributed by atoms with van der Waals surface area (Å²) < 4.78 is 5.08. The van der Waals surface area contributed by atoms with E-state index in [1.54, 1.807) is 13.2 Å². The Balaban J connectivity index is 1.85. The third-order valence-corrected chi connectivity index (χ3v) is 2.85. The predicted molar refractivity (Wildman–Crippen MR) is 80.3 cm³/mol. The molecule has 0 atom stereocenters. The molecule has 0 aliphatic heterocycles. The lowest BCUT2D eigenvalue weighted by molar-refractivity contribution is -0.116. The zero-order valence-electron chi connectivity index (χ0n) is 11.4. The van der Waals surface area contributed by atoms with E-state index < -0.39 is 0 Å².